The smallest absolute Gasteiger partial charge is 0.0961 e. The van der Waals surface area contributed by atoms with Crippen molar-refractivity contribution >= 4 is 46.9 Å². The minimum absolute atomic E-state index is 0. The van der Waals surface area contributed by atoms with Crippen LogP contribution in [0.1, 0.15) is 11.1 Å². The quantitative estimate of drug-likeness (QED) is 0.401. The van der Waals surface area contributed by atoms with Crippen molar-refractivity contribution in [3.05, 3.63) is 96.6 Å². The number of fused-ring (bicyclic) bond motifs is 2. The number of imidazole rings is 2. The van der Waals surface area contributed by atoms with Crippen LogP contribution in [0.15, 0.2) is 85.5 Å². The number of rotatable bonds is 4. The van der Waals surface area contributed by atoms with Crippen LogP contribution in [0.2, 0.25) is 0 Å². The molecule has 0 atom stereocenters. The average Bonchev–Trinajstić information content (AvgIpc) is 3.28. The highest BCUT2D eigenvalue weighted by molar-refractivity contribution is 5.85. The van der Waals surface area contributed by atoms with Gasteiger partial charge in [0.15, 0.2) is 0 Å². The Morgan fingerprint density at radius 2 is 0.929 bits per heavy atom. The molecule has 0 unspecified atom stereocenters. The van der Waals surface area contributed by atoms with Gasteiger partial charge in [-0.1, -0.05) is 48.5 Å². The Labute approximate surface area is 175 Å². The van der Waals surface area contributed by atoms with Crippen molar-refractivity contribution < 1.29 is 0 Å². The van der Waals surface area contributed by atoms with Gasteiger partial charge in [0, 0.05) is 13.1 Å². The van der Waals surface area contributed by atoms with Crippen molar-refractivity contribution in [2.45, 2.75) is 13.1 Å². The lowest BCUT2D eigenvalue weighted by molar-refractivity contribution is 0.773. The van der Waals surface area contributed by atoms with Gasteiger partial charge in [-0.15, -0.1) is 24.8 Å². The highest BCUT2D eigenvalue weighted by Crippen LogP contribution is 2.19. The fraction of sp³-hybridized carbons (Fsp3) is 0.0909. The van der Waals surface area contributed by atoms with Gasteiger partial charge in [0.05, 0.1) is 34.7 Å². The molecular weight excluding hydrogens is 391 g/mol. The second-order valence-electron chi connectivity index (χ2n) is 6.49. The summed E-state index contributed by atoms with van der Waals surface area (Å²) < 4.78 is 4.42. The van der Waals surface area contributed by atoms with Crippen LogP contribution in [0.4, 0.5) is 0 Å². The first kappa shape index (κ1) is 19.9. The maximum absolute atomic E-state index is 4.51. The topological polar surface area (TPSA) is 35.6 Å². The van der Waals surface area contributed by atoms with Crippen molar-refractivity contribution in [2.75, 3.05) is 0 Å². The summed E-state index contributed by atoms with van der Waals surface area (Å²) >= 11 is 0. The lowest BCUT2D eigenvalue weighted by Crippen LogP contribution is -2.05. The number of aromatic nitrogens is 4. The molecule has 0 radical (unpaired) electrons. The van der Waals surface area contributed by atoms with Gasteiger partial charge < -0.3 is 9.13 Å². The van der Waals surface area contributed by atoms with E-state index < -0.39 is 0 Å². The number of hydrogen-bond donors (Lipinski definition) is 0. The third kappa shape index (κ3) is 3.61. The highest BCUT2D eigenvalue weighted by Gasteiger charge is 2.08. The molecule has 142 valence electrons. The Morgan fingerprint density at radius 3 is 1.39 bits per heavy atom. The summed E-state index contributed by atoms with van der Waals surface area (Å²) in [6, 6.07) is 25.1. The first-order valence-corrected chi connectivity index (χ1v) is 8.75. The summed E-state index contributed by atoms with van der Waals surface area (Å²) in [5, 5.41) is 0. The molecule has 0 saturated heterocycles. The average molecular weight is 411 g/mol. The van der Waals surface area contributed by atoms with Crippen LogP contribution < -0.4 is 0 Å². The Hall–Kier alpha value is -2.82. The molecule has 5 aromatic rings. The van der Waals surface area contributed by atoms with Crippen molar-refractivity contribution in [2.24, 2.45) is 0 Å². The van der Waals surface area contributed by atoms with Gasteiger partial charge in [-0.05, 0) is 35.4 Å². The van der Waals surface area contributed by atoms with E-state index in [1.54, 1.807) is 0 Å². The fourth-order valence-corrected chi connectivity index (χ4v) is 3.51. The standard InChI is InChI=1S/C22H18N4.2ClH/c1-2-8-18(14-26-16-24-20-10-4-6-12-22(20)26)17(7-1)13-25-15-23-19-9-3-5-11-21(19)25;;/h1-12,15-16H,13-14H2;2*1H. The first-order valence-electron chi connectivity index (χ1n) is 8.75. The molecular formula is C22H20Cl2N4. The molecule has 0 aliphatic rings. The molecule has 0 N–H and O–H groups in total. The van der Waals surface area contributed by atoms with Crippen LogP contribution in [-0.2, 0) is 13.1 Å². The van der Waals surface area contributed by atoms with E-state index in [9.17, 15) is 0 Å². The summed E-state index contributed by atoms with van der Waals surface area (Å²) in [6.07, 6.45) is 3.85. The van der Waals surface area contributed by atoms with Gasteiger partial charge in [-0.3, -0.25) is 0 Å². The zero-order valence-corrected chi connectivity index (χ0v) is 16.7. The van der Waals surface area contributed by atoms with Gasteiger partial charge in [-0.2, -0.15) is 0 Å². The van der Waals surface area contributed by atoms with Gasteiger partial charge in [0.1, 0.15) is 0 Å². The predicted octanol–water partition coefficient (Wildman–Crippen LogP) is 5.33. The van der Waals surface area contributed by atoms with E-state index in [4.69, 9.17) is 0 Å². The van der Waals surface area contributed by atoms with E-state index in [1.165, 1.54) is 11.1 Å². The zero-order valence-electron chi connectivity index (χ0n) is 15.1. The molecule has 28 heavy (non-hydrogen) atoms. The van der Waals surface area contributed by atoms with E-state index in [-0.39, 0.29) is 24.8 Å². The molecule has 0 aliphatic heterocycles. The minimum atomic E-state index is 0. The van der Waals surface area contributed by atoms with Gasteiger partial charge in [0.25, 0.3) is 0 Å². The lowest BCUT2D eigenvalue weighted by atomic mass is 10.1. The van der Waals surface area contributed by atoms with Crippen LogP contribution >= 0.6 is 24.8 Å². The van der Waals surface area contributed by atoms with Crippen molar-refractivity contribution in [3.8, 4) is 0 Å². The Bertz CT molecular complexity index is 1110. The molecule has 2 heterocycles. The molecule has 0 saturated carbocycles. The molecule has 2 aromatic heterocycles. The monoisotopic (exact) mass is 410 g/mol. The molecule has 0 spiro atoms. The maximum Gasteiger partial charge on any atom is 0.0961 e. The van der Waals surface area contributed by atoms with Crippen LogP contribution in [0, 0.1) is 0 Å². The van der Waals surface area contributed by atoms with E-state index in [1.807, 2.05) is 24.8 Å². The third-order valence-corrected chi connectivity index (χ3v) is 4.85. The molecule has 5 rings (SSSR count). The molecule has 0 fully saturated rings. The van der Waals surface area contributed by atoms with Crippen LogP contribution in [0.5, 0.6) is 0 Å². The van der Waals surface area contributed by atoms with Crippen molar-refractivity contribution in [3.63, 3.8) is 0 Å². The summed E-state index contributed by atoms with van der Waals surface area (Å²) in [5.74, 6) is 0. The predicted molar refractivity (Wildman–Crippen MR) is 119 cm³/mol. The molecule has 6 heteroatoms. The second kappa shape index (κ2) is 8.46. The fourth-order valence-electron chi connectivity index (χ4n) is 3.51. The third-order valence-electron chi connectivity index (χ3n) is 4.85. The normalized spacial score (nSPS) is 10.6. The number of benzene rings is 3. The van der Waals surface area contributed by atoms with Crippen LogP contribution in [-0.4, -0.2) is 19.1 Å². The van der Waals surface area contributed by atoms with E-state index in [0.717, 1.165) is 35.2 Å². The highest BCUT2D eigenvalue weighted by atomic mass is 35.5. The zero-order chi connectivity index (χ0) is 17.3. The Morgan fingerprint density at radius 1 is 0.536 bits per heavy atom. The largest absolute Gasteiger partial charge is 0.326 e. The van der Waals surface area contributed by atoms with Crippen LogP contribution in [0.25, 0.3) is 22.1 Å². The molecule has 0 bridgehead atoms. The summed E-state index contributed by atoms with van der Waals surface area (Å²) in [7, 11) is 0. The van der Waals surface area contributed by atoms with Crippen molar-refractivity contribution in [1.82, 2.24) is 19.1 Å². The SMILES string of the molecule is Cl.Cl.c1ccc(Cn2cnc3ccccc32)c(Cn2cnc3ccccc32)c1. The molecule has 0 aliphatic carbocycles. The number of hydrogen-bond acceptors (Lipinski definition) is 2. The first-order chi connectivity index (χ1) is 12.9. The number of nitrogens with zero attached hydrogens (tertiary/aromatic N) is 4. The summed E-state index contributed by atoms with van der Waals surface area (Å²) in [5.41, 5.74) is 6.99. The summed E-state index contributed by atoms with van der Waals surface area (Å²) in [6.45, 7) is 1.62. The second-order valence-corrected chi connectivity index (χ2v) is 6.49. The van der Waals surface area contributed by atoms with Crippen molar-refractivity contribution in [1.29, 1.82) is 0 Å². The maximum atomic E-state index is 4.51. The van der Waals surface area contributed by atoms with Crippen LogP contribution in [0.3, 0.4) is 0 Å². The van der Waals surface area contributed by atoms with E-state index in [0.29, 0.717) is 0 Å². The molecule has 4 nitrogen and oxygen atoms in total. The van der Waals surface area contributed by atoms with E-state index in [2.05, 4.69) is 79.8 Å². The lowest BCUT2D eigenvalue weighted by Gasteiger charge is -2.12. The minimum Gasteiger partial charge on any atom is -0.326 e. The molecule has 3 aromatic carbocycles. The van der Waals surface area contributed by atoms with Gasteiger partial charge in [0.2, 0.25) is 0 Å². The number of para-hydroxylation sites is 4. The number of halogens is 2. The summed E-state index contributed by atoms with van der Waals surface area (Å²) in [4.78, 5) is 9.02. The van der Waals surface area contributed by atoms with Gasteiger partial charge in [-0.25, -0.2) is 9.97 Å². The molecule has 0 amide bonds. The van der Waals surface area contributed by atoms with Gasteiger partial charge >= 0.3 is 0 Å². The Balaban J connectivity index is 0.00000112. The Kier molecular flexibility index (Phi) is 6.02. The van der Waals surface area contributed by atoms with E-state index >= 15 is 0 Å².